The van der Waals surface area contributed by atoms with E-state index in [-0.39, 0.29) is 13.2 Å². The number of rotatable bonds is 6. The molecule has 0 bridgehead atoms. The molecule has 6 nitrogen and oxygen atoms in total. The molecule has 0 saturated heterocycles. The number of carbonyl (C=O) groups is 2. The lowest BCUT2D eigenvalue weighted by atomic mass is 10.0. The van der Waals surface area contributed by atoms with Gasteiger partial charge in [0.15, 0.2) is 0 Å². The van der Waals surface area contributed by atoms with E-state index in [1.807, 2.05) is 18.2 Å². The van der Waals surface area contributed by atoms with Crippen molar-refractivity contribution in [3.05, 3.63) is 35.9 Å². The lowest BCUT2D eigenvalue weighted by Crippen LogP contribution is -2.46. The van der Waals surface area contributed by atoms with Crippen LogP contribution in [0.3, 0.4) is 0 Å². The molecule has 0 unspecified atom stereocenters. The highest BCUT2D eigenvalue weighted by molar-refractivity contribution is 5.80. The van der Waals surface area contributed by atoms with Crippen molar-refractivity contribution >= 4 is 12.1 Å². The highest BCUT2D eigenvalue weighted by Gasteiger charge is 2.26. The molecule has 0 aromatic heterocycles. The molecule has 0 radical (unpaired) electrons. The maximum atomic E-state index is 11.5. The van der Waals surface area contributed by atoms with Crippen molar-refractivity contribution < 1.29 is 24.5 Å². The highest BCUT2D eigenvalue weighted by atomic mass is 16.5. The first-order valence-electron chi connectivity index (χ1n) is 5.85. The number of hydrogen-bond donors (Lipinski definition) is 3. The Kier molecular flexibility index (Phi) is 5.81. The molecule has 19 heavy (non-hydrogen) atoms. The molecule has 0 aliphatic rings. The van der Waals surface area contributed by atoms with E-state index in [4.69, 9.17) is 14.9 Å². The standard InChI is InChI=1S/C13H17NO5/c1-9(7-15)11(12(16)17)14-13(18)19-8-10-5-3-2-4-6-10/h2-6,9,11,15H,7-8H2,1H3,(H,14,18)(H,16,17)/t9-,11+/m0/s1. The number of ether oxygens (including phenoxy) is 1. The van der Waals surface area contributed by atoms with Crippen LogP contribution in [-0.4, -0.2) is 34.9 Å². The number of aliphatic carboxylic acids is 1. The third kappa shape index (κ3) is 4.97. The van der Waals surface area contributed by atoms with Gasteiger partial charge in [0.1, 0.15) is 12.6 Å². The van der Waals surface area contributed by atoms with Crippen LogP contribution in [0.5, 0.6) is 0 Å². The molecule has 0 aliphatic heterocycles. The minimum absolute atomic E-state index is 0.0620. The zero-order valence-corrected chi connectivity index (χ0v) is 10.6. The number of aliphatic hydroxyl groups excluding tert-OH is 1. The van der Waals surface area contributed by atoms with Gasteiger partial charge in [-0.3, -0.25) is 0 Å². The zero-order valence-electron chi connectivity index (χ0n) is 10.6. The third-order valence-corrected chi connectivity index (χ3v) is 2.61. The van der Waals surface area contributed by atoms with Crippen molar-refractivity contribution in [2.75, 3.05) is 6.61 Å². The Morgan fingerprint density at radius 1 is 1.32 bits per heavy atom. The third-order valence-electron chi connectivity index (χ3n) is 2.61. The number of benzene rings is 1. The number of nitrogens with one attached hydrogen (secondary N) is 1. The molecule has 6 heteroatoms. The van der Waals surface area contributed by atoms with E-state index in [2.05, 4.69) is 5.32 Å². The molecule has 3 N–H and O–H groups in total. The predicted molar refractivity (Wildman–Crippen MR) is 67.4 cm³/mol. The largest absolute Gasteiger partial charge is 0.480 e. The van der Waals surface area contributed by atoms with Gasteiger partial charge in [0, 0.05) is 12.5 Å². The van der Waals surface area contributed by atoms with Gasteiger partial charge in [-0.1, -0.05) is 37.3 Å². The first-order chi connectivity index (χ1) is 9.04. The Morgan fingerprint density at radius 2 is 1.95 bits per heavy atom. The second kappa shape index (κ2) is 7.38. The summed E-state index contributed by atoms with van der Waals surface area (Å²) < 4.78 is 4.91. The van der Waals surface area contributed by atoms with Crippen molar-refractivity contribution in [3.8, 4) is 0 Å². The number of alkyl carbamates (subject to hydrolysis) is 1. The highest BCUT2D eigenvalue weighted by Crippen LogP contribution is 2.04. The van der Waals surface area contributed by atoms with Gasteiger partial charge in [-0.2, -0.15) is 0 Å². The van der Waals surface area contributed by atoms with Crippen molar-refractivity contribution in [1.29, 1.82) is 0 Å². The normalized spacial score (nSPS) is 13.4. The number of carboxylic acids is 1. The number of amides is 1. The molecule has 1 amide bonds. The van der Waals surface area contributed by atoms with E-state index < -0.39 is 24.0 Å². The van der Waals surface area contributed by atoms with Gasteiger partial charge in [0.25, 0.3) is 0 Å². The quantitative estimate of drug-likeness (QED) is 0.714. The van der Waals surface area contributed by atoms with E-state index in [1.54, 1.807) is 12.1 Å². The van der Waals surface area contributed by atoms with Crippen molar-refractivity contribution in [2.24, 2.45) is 5.92 Å². The summed E-state index contributed by atoms with van der Waals surface area (Å²) in [5, 5.41) is 20.1. The van der Waals surface area contributed by atoms with Gasteiger partial charge in [-0.25, -0.2) is 9.59 Å². The molecule has 104 valence electrons. The minimum atomic E-state index is -1.21. The number of carbonyl (C=O) groups excluding carboxylic acids is 1. The fourth-order valence-corrected chi connectivity index (χ4v) is 1.44. The Labute approximate surface area is 111 Å². The van der Waals surface area contributed by atoms with Gasteiger partial charge in [-0.15, -0.1) is 0 Å². The van der Waals surface area contributed by atoms with E-state index in [0.29, 0.717) is 0 Å². The fraction of sp³-hybridized carbons (Fsp3) is 0.385. The minimum Gasteiger partial charge on any atom is -0.480 e. The number of hydrogen-bond acceptors (Lipinski definition) is 4. The topological polar surface area (TPSA) is 95.9 Å². The molecular formula is C13H17NO5. The molecule has 0 saturated carbocycles. The summed E-state index contributed by atoms with van der Waals surface area (Å²) in [6, 6.07) is 7.87. The lowest BCUT2D eigenvalue weighted by molar-refractivity contribution is -0.141. The maximum absolute atomic E-state index is 11.5. The molecule has 0 aliphatic carbocycles. The van der Waals surface area contributed by atoms with Crippen LogP contribution in [-0.2, 0) is 16.1 Å². The smallest absolute Gasteiger partial charge is 0.408 e. The Hall–Kier alpha value is -2.08. The fourth-order valence-electron chi connectivity index (χ4n) is 1.44. The van der Waals surface area contributed by atoms with Crippen LogP contribution in [0.25, 0.3) is 0 Å². The van der Waals surface area contributed by atoms with Crippen LogP contribution in [0.2, 0.25) is 0 Å². The van der Waals surface area contributed by atoms with Crippen LogP contribution in [0.1, 0.15) is 12.5 Å². The van der Waals surface area contributed by atoms with Crippen molar-refractivity contribution in [1.82, 2.24) is 5.32 Å². The van der Waals surface area contributed by atoms with Gasteiger partial charge in [0.2, 0.25) is 0 Å². The monoisotopic (exact) mass is 267 g/mol. The van der Waals surface area contributed by atoms with Crippen molar-refractivity contribution in [2.45, 2.75) is 19.6 Å². The molecule has 1 rings (SSSR count). The molecule has 1 aromatic carbocycles. The van der Waals surface area contributed by atoms with Gasteiger partial charge < -0.3 is 20.3 Å². The first kappa shape index (κ1) is 15.0. The molecular weight excluding hydrogens is 250 g/mol. The average molecular weight is 267 g/mol. The van der Waals surface area contributed by atoms with Gasteiger partial charge in [-0.05, 0) is 5.56 Å². The summed E-state index contributed by atoms with van der Waals surface area (Å²) in [5.74, 6) is -1.81. The maximum Gasteiger partial charge on any atom is 0.408 e. The van der Waals surface area contributed by atoms with Crippen LogP contribution in [0.4, 0.5) is 4.79 Å². The molecule has 2 atom stereocenters. The Morgan fingerprint density at radius 3 is 2.47 bits per heavy atom. The molecule has 0 heterocycles. The van der Waals surface area contributed by atoms with Crippen LogP contribution < -0.4 is 5.32 Å². The number of carboxylic acid groups (broad SMARTS) is 1. The van der Waals surface area contributed by atoms with E-state index >= 15 is 0 Å². The van der Waals surface area contributed by atoms with Gasteiger partial charge >= 0.3 is 12.1 Å². The van der Waals surface area contributed by atoms with Crippen LogP contribution in [0, 0.1) is 5.92 Å². The van der Waals surface area contributed by atoms with Crippen molar-refractivity contribution in [3.63, 3.8) is 0 Å². The van der Waals surface area contributed by atoms with E-state index in [0.717, 1.165) is 5.56 Å². The Bertz CT molecular complexity index is 420. The predicted octanol–water partition coefficient (Wildman–Crippen LogP) is 0.994. The second-order valence-electron chi connectivity index (χ2n) is 4.18. The SMILES string of the molecule is C[C@@H](CO)[C@@H](NC(=O)OCc1ccccc1)C(=O)O. The zero-order chi connectivity index (χ0) is 14.3. The molecule has 1 aromatic rings. The number of aliphatic hydroxyl groups is 1. The summed E-state index contributed by atoms with van der Waals surface area (Å²) in [6.45, 7) is 1.25. The molecule has 0 spiro atoms. The van der Waals surface area contributed by atoms with Crippen LogP contribution >= 0.6 is 0 Å². The second-order valence-corrected chi connectivity index (χ2v) is 4.18. The van der Waals surface area contributed by atoms with Crippen LogP contribution in [0.15, 0.2) is 30.3 Å². The summed E-state index contributed by atoms with van der Waals surface area (Å²) in [7, 11) is 0. The first-order valence-corrected chi connectivity index (χ1v) is 5.85. The molecule has 0 fully saturated rings. The van der Waals surface area contributed by atoms with E-state index in [9.17, 15) is 9.59 Å². The Balaban J connectivity index is 2.47. The summed E-state index contributed by atoms with van der Waals surface area (Å²) in [5.41, 5.74) is 0.805. The van der Waals surface area contributed by atoms with E-state index in [1.165, 1.54) is 6.92 Å². The van der Waals surface area contributed by atoms with Gasteiger partial charge in [0.05, 0.1) is 0 Å². The lowest BCUT2D eigenvalue weighted by Gasteiger charge is -2.19. The summed E-state index contributed by atoms with van der Waals surface area (Å²) in [4.78, 5) is 22.4. The average Bonchev–Trinajstić information content (AvgIpc) is 2.42. The summed E-state index contributed by atoms with van der Waals surface area (Å²) >= 11 is 0. The summed E-state index contributed by atoms with van der Waals surface area (Å²) in [6.07, 6.45) is -0.823.